The number of hydrogen-bond donors (Lipinski definition) is 1. The van der Waals surface area contributed by atoms with Crippen molar-refractivity contribution < 1.29 is 14.6 Å². The van der Waals surface area contributed by atoms with Crippen molar-refractivity contribution in [2.45, 2.75) is 31.7 Å². The highest BCUT2D eigenvalue weighted by atomic mass is 16.5. The topological polar surface area (TPSA) is 49.8 Å². The maximum absolute atomic E-state index is 11.2. The number of fused-ring (bicyclic) bond motifs is 2. The molecule has 3 fully saturated rings. The zero-order valence-electron chi connectivity index (χ0n) is 10.2. The lowest BCUT2D eigenvalue weighted by Crippen LogP contribution is -2.51. The number of rotatable bonds is 3. The van der Waals surface area contributed by atoms with Crippen LogP contribution < -0.4 is 0 Å². The highest BCUT2D eigenvalue weighted by molar-refractivity contribution is 5.73. The van der Waals surface area contributed by atoms with Gasteiger partial charge >= 0.3 is 5.97 Å². The first-order chi connectivity index (χ1) is 8.24. The summed E-state index contributed by atoms with van der Waals surface area (Å²) in [5, 5.41) is 9.19. The highest BCUT2D eigenvalue weighted by Gasteiger charge is 2.41. The number of carboxylic acid groups (broad SMARTS) is 1. The van der Waals surface area contributed by atoms with Crippen LogP contribution in [0.2, 0.25) is 0 Å². The third-order valence-electron chi connectivity index (χ3n) is 4.88. The standard InChI is InChI=1S/C13H21NO3/c15-13(16)12-8-17-4-3-14(12)7-11-6-9-1-2-10(11)5-9/h9-12H,1-8H2,(H,15,16). The number of nitrogens with zero attached hydrogens (tertiary/aromatic N) is 1. The Morgan fingerprint density at radius 3 is 2.88 bits per heavy atom. The summed E-state index contributed by atoms with van der Waals surface area (Å²) in [6.07, 6.45) is 5.51. The lowest BCUT2D eigenvalue weighted by atomic mass is 9.88. The van der Waals surface area contributed by atoms with Crippen LogP contribution in [0, 0.1) is 17.8 Å². The van der Waals surface area contributed by atoms with Crippen LogP contribution in [0.15, 0.2) is 0 Å². The molecule has 0 aromatic heterocycles. The summed E-state index contributed by atoms with van der Waals surface area (Å²) in [5.41, 5.74) is 0. The average molecular weight is 239 g/mol. The van der Waals surface area contributed by atoms with Crippen LogP contribution >= 0.6 is 0 Å². The second-order valence-corrected chi connectivity index (χ2v) is 5.86. The Balaban J connectivity index is 1.61. The molecular formula is C13H21NO3. The van der Waals surface area contributed by atoms with Crippen molar-refractivity contribution in [3.63, 3.8) is 0 Å². The van der Waals surface area contributed by atoms with Crippen LogP contribution in [0.1, 0.15) is 25.7 Å². The molecule has 0 aromatic carbocycles. The van der Waals surface area contributed by atoms with Gasteiger partial charge in [-0.2, -0.15) is 0 Å². The van der Waals surface area contributed by atoms with Crippen molar-refractivity contribution in [3.8, 4) is 0 Å². The van der Waals surface area contributed by atoms with E-state index in [2.05, 4.69) is 4.90 Å². The molecule has 2 bridgehead atoms. The molecule has 1 saturated heterocycles. The fraction of sp³-hybridized carbons (Fsp3) is 0.923. The summed E-state index contributed by atoms with van der Waals surface area (Å²) in [4.78, 5) is 13.3. The van der Waals surface area contributed by atoms with E-state index in [1.54, 1.807) is 0 Å². The Labute approximate surface area is 102 Å². The van der Waals surface area contributed by atoms with Gasteiger partial charge in [0.2, 0.25) is 0 Å². The van der Waals surface area contributed by atoms with E-state index in [4.69, 9.17) is 4.74 Å². The van der Waals surface area contributed by atoms with E-state index < -0.39 is 12.0 Å². The van der Waals surface area contributed by atoms with Gasteiger partial charge in [-0.3, -0.25) is 9.69 Å². The molecule has 4 atom stereocenters. The Morgan fingerprint density at radius 2 is 2.24 bits per heavy atom. The zero-order valence-corrected chi connectivity index (χ0v) is 10.2. The van der Waals surface area contributed by atoms with E-state index >= 15 is 0 Å². The van der Waals surface area contributed by atoms with Crippen LogP contribution in [0.3, 0.4) is 0 Å². The number of ether oxygens (including phenoxy) is 1. The molecule has 0 radical (unpaired) electrons. The second-order valence-electron chi connectivity index (χ2n) is 5.86. The van der Waals surface area contributed by atoms with Crippen molar-refractivity contribution in [3.05, 3.63) is 0 Å². The third kappa shape index (κ3) is 2.20. The van der Waals surface area contributed by atoms with Crippen molar-refractivity contribution in [2.24, 2.45) is 17.8 Å². The van der Waals surface area contributed by atoms with Crippen molar-refractivity contribution in [1.82, 2.24) is 4.90 Å². The monoisotopic (exact) mass is 239 g/mol. The van der Waals surface area contributed by atoms with Gasteiger partial charge in [-0.15, -0.1) is 0 Å². The Bertz CT molecular complexity index is 307. The van der Waals surface area contributed by atoms with Crippen molar-refractivity contribution in [2.75, 3.05) is 26.3 Å². The quantitative estimate of drug-likeness (QED) is 0.804. The molecule has 2 aliphatic carbocycles. The maximum Gasteiger partial charge on any atom is 0.323 e. The molecule has 17 heavy (non-hydrogen) atoms. The van der Waals surface area contributed by atoms with Gasteiger partial charge < -0.3 is 9.84 Å². The number of carbonyl (C=O) groups is 1. The maximum atomic E-state index is 11.2. The zero-order chi connectivity index (χ0) is 11.8. The predicted molar refractivity (Wildman–Crippen MR) is 62.8 cm³/mol. The van der Waals surface area contributed by atoms with E-state index in [1.807, 2.05) is 0 Å². The molecule has 4 nitrogen and oxygen atoms in total. The predicted octanol–water partition coefficient (Wildman–Crippen LogP) is 1.21. The van der Waals surface area contributed by atoms with E-state index in [0.717, 1.165) is 30.8 Å². The van der Waals surface area contributed by atoms with E-state index in [-0.39, 0.29) is 0 Å². The molecule has 96 valence electrons. The molecule has 3 rings (SSSR count). The minimum absolute atomic E-state index is 0.357. The fourth-order valence-electron chi connectivity index (χ4n) is 3.99. The average Bonchev–Trinajstić information content (AvgIpc) is 2.91. The van der Waals surface area contributed by atoms with Crippen LogP contribution in [0.4, 0.5) is 0 Å². The van der Waals surface area contributed by atoms with E-state index in [0.29, 0.717) is 13.2 Å². The first-order valence-electron chi connectivity index (χ1n) is 6.78. The first kappa shape index (κ1) is 11.5. The van der Waals surface area contributed by atoms with Gasteiger partial charge in [0, 0.05) is 13.1 Å². The normalized spacial score (nSPS) is 41.9. The molecule has 0 aromatic rings. The summed E-state index contributed by atoms with van der Waals surface area (Å²) >= 11 is 0. The van der Waals surface area contributed by atoms with Gasteiger partial charge in [0.1, 0.15) is 6.04 Å². The number of morpholine rings is 1. The number of carboxylic acids is 1. The van der Waals surface area contributed by atoms with Gasteiger partial charge in [0.15, 0.2) is 0 Å². The van der Waals surface area contributed by atoms with E-state index in [1.165, 1.54) is 25.7 Å². The van der Waals surface area contributed by atoms with Crippen LogP contribution in [0.5, 0.6) is 0 Å². The summed E-state index contributed by atoms with van der Waals surface area (Å²) in [6, 6.07) is -0.414. The molecule has 1 heterocycles. The Kier molecular flexibility index (Phi) is 3.09. The summed E-state index contributed by atoms with van der Waals surface area (Å²) in [5.74, 6) is 1.83. The summed E-state index contributed by atoms with van der Waals surface area (Å²) in [7, 11) is 0. The number of hydrogen-bond acceptors (Lipinski definition) is 3. The van der Waals surface area contributed by atoms with Crippen LogP contribution in [-0.2, 0) is 9.53 Å². The summed E-state index contributed by atoms with van der Waals surface area (Å²) < 4.78 is 5.28. The molecule has 2 saturated carbocycles. The second kappa shape index (κ2) is 4.58. The number of aliphatic carboxylic acids is 1. The SMILES string of the molecule is O=C(O)C1COCCN1CC1CC2CCC1C2. The van der Waals surface area contributed by atoms with Gasteiger partial charge in [0.25, 0.3) is 0 Å². The molecule has 4 unspecified atom stereocenters. The Hall–Kier alpha value is -0.610. The molecule has 3 aliphatic rings. The largest absolute Gasteiger partial charge is 0.480 e. The van der Waals surface area contributed by atoms with Crippen LogP contribution in [0.25, 0.3) is 0 Å². The van der Waals surface area contributed by atoms with Gasteiger partial charge in [0.05, 0.1) is 13.2 Å². The smallest absolute Gasteiger partial charge is 0.323 e. The highest BCUT2D eigenvalue weighted by Crippen LogP contribution is 2.48. The molecular weight excluding hydrogens is 218 g/mol. The molecule has 0 amide bonds. The fourth-order valence-corrected chi connectivity index (χ4v) is 3.99. The molecule has 1 aliphatic heterocycles. The van der Waals surface area contributed by atoms with Gasteiger partial charge in [-0.25, -0.2) is 0 Å². The molecule has 0 spiro atoms. The third-order valence-corrected chi connectivity index (χ3v) is 4.88. The Morgan fingerprint density at radius 1 is 1.35 bits per heavy atom. The van der Waals surface area contributed by atoms with Crippen molar-refractivity contribution >= 4 is 5.97 Å². The minimum Gasteiger partial charge on any atom is -0.480 e. The van der Waals surface area contributed by atoms with Crippen molar-refractivity contribution in [1.29, 1.82) is 0 Å². The lowest BCUT2D eigenvalue weighted by molar-refractivity contribution is -0.150. The van der Waals surface area contributed by atoms with Gasteiger partial charge in [-0.1, -0.05) is 6.42 Å². The van der Waals surface area contributed by atoms with E-state index in [9.17, 15) is 9.90 Å². The van der Waals surface area contributed by atoms with Crippen LogP contribution in [-0.4, -0.2) is 48.3 Å². The lowest BCUT2D eigenvalue weighted by Gasteiger charge is -2.36. The molecule has 4 heteroatoms. The molecule has 1 N–H and O–H groups in total. The minimum atomic E-state index is -0.729. The van der Waals surface area contributed by atoms with Gasteiger partial charge in [-0.05, 0) is 37.0 Å². The summed E-state index contributed by atoms with van der Waals surface area (Å²) in [6.45, 7) is 2.80. The first-order valence-corrected chi connectivity index (χ1v) is 6.78.